The Balaban J connectivity index is 1.03. The molecule has 296 valence electrons. The Morgan fingerprint density at radius 2 is 1.25 bits per heavy atom. The second-order valence-electron chi connectivity index (χ2n) is 16.5. The van der Waals surface area contributed by atoms with Crippen LogP contribution in [-0.2, 0) is 12.4 Å². The topological polar surface area (TPSA) is 38.5 Å². The molecular weight excluding hydrogens is 747 g/mol. The number of para-hydroxylation sites is 5. The van der Waals surface area contributed by atoms with Crippen LogP contribution in [0.15, 0.2) is 188 Å². The monoisotopic (exact) mass is 798 g/mol. The fourth-order valence-corrected chi connectivity index (χ4v) is 8.64. The zero-order valence-corrected chi connectivity index (χ0v) is 33.9. The van der Waals surface area contributed by atoms with Gasteiger partial charge in [-0.2, -0.15) is 0 Å². The van der Waals surface area contributed by atoms with E-state index in [1.165, 1.54) is 10.1 Å². The fourth-order valence-electron chi connectivity index (χ4n) is 8.64. The number of hydrogen-bond acceptors (Lipinski definition) is 4. The summed E-state index contributed by atoms with van der Waals surface area (Å²) in [6, 6.07) is 53.0. The lowest BCUT2D eigenvalue weighted by atomic mass is 9.82. The third-order valence-electron chi connectivity index (χ3n) is 11.6. The number of nitrogens with zero attached hydrogens (tertiary/aromatic N) is 5. The Bertz CT molecular complexity index is 3560. The van der Waals surface area contributed by atoms with Crippen LogP contribution in [-0.4, -0.2) is 20.8 Å². The molecule has 0 atom stereocenters. The maximum atomic E-state index is 9.08. The molecular formula is C55H45N5O. The first kappa shape index (κ1) is 29.6. The highest BCUT2D eigenvalue weighted by Crippen LogP contribution is 2.51. The molecule has 0 radical (unpaired) electrons. The molecule has 0 fully saturated rings. The molecule has 0 N–H and O–H groups in total. The minimum Gasteiger partial charge on any atom is -0.457 e. The highest BCUT2D eigenvalue weighted by atomic mass is 16.5. The molecule has 8 aromatic carbocycles. The first-order chi connectivity index (χ1) is 32.7. The van der Waals surface area contributed by atoms with E-state index in [2.05, 4.69) is 134 Å². The Labute approximate surface area is 366 Å². The molecule has 0 saturated carbocycles. The van der Waals surface area contributed by atoms with E-state index >= 15 is 0 Å². The molecule has 61 heavy (non-hydrogen) atoms. The quantitative estimate of drug-likeness (QED) is 0.161. The van der Waals surface area contributed by atoms with Gasteiger partial charge in [0.2, 0.25) is 5.95 Å². The number of aryl methyl sites for hydroxylation is 1. The Kier molecular flexibility index (Phi) is 6.95. The Morgan fingerprint density at radius 1 is 0.590 bits per heavy atom. The molecule has 0 spiro atoms. The van der Waals surface area contributed by atoms with Crippen molar-refractivity contribution in [1.82, 2.24) is 14.1 Å². The van der Waals surface area contributed by atoms with Crippen LogP contribution in [0.3, 0.4) is 0 Å². The van der Waals surface area contributed by atoms with Crippen LogP contribution in [0.25, 0.3) is 61.0 Å². The normalized spacial score (nSPS) is 14.6. The summed E-state index contributed by atoms with van der Waals surface area (Å²) in [6.45, 7) is 4.59. The van der Waals surface area contributed by atoms with Crippen molar-refractivity contribution in [3.8, 4) is 39.7 Å². The number of anilines is 4. The predicted molar refractivity (Wildman–Crippen MR) is 253 cm³/mol. The number of rotatable bonds is 7. The van der Waals surface area contributed by atoms with Crippen LogP contribution in [0.2, 0.25) is 0 Å². The van der Waals surface area contributed by atoms with Crippen molar-refractivity contribution >= 4 is 55.6 Å². The lowest BCUT2D eigenvalue weighted by Gasteiger charge is -2.30. The van der Waals surface area contributed by atoms with Crippen LogP contribution in [0.5, 0.6) is 11.5 Å². The summed E-state index contributed by atoms with van der Waals surface area (Å²) in [5.41, 5.74) is 11.1. The highest BCUT2D eigenvalue weighted by molar-refractivity contribution is 6.09. The van der Waals surface area contributed by atoms with Crippen molar-refractivity contribution in [3.63, 3.8) is 0 Å². The van der Waals surface area contributed by atoms with Crippen molar-refractivity contribution in [2.24, 2.45) is 6.98 Å². The molecule has 3 heterocycles. The SMILES string of the molecule is [2H]c1c([2H])c([2H])c2c(c1[2H])c1ccc(Oc3cccc(N4CN(c5c(-c6ccccc6)cc(C(C)(C)C)cc5-c5ccccc5)c5ccccc54)c3)cc1n2-c1nc2ccccc2n1C([2H])([2H])[2H]. The molecule has 1 aliphatic heterocycles. The fraction of sp³-hybridized carbons (Fsp3) is 0.109. The van der Waals surface area contributed by atoms with Gasteiger partial charge in [-0.3, -0.25) is 4.57 Å². The number of hydrogen-bond donors (Lipinski definition) is 0. The molecule has 0 unspecified atom stereocenters. The minimum absolute atomic E-state index is 0.00785. The summed E-state index contributed by atoms with van der Waals surface area (Å²) >= 11 is 0. The van der Waals surface area contributed by atoms with E-state index in [1.807, 2.05) is 18.2 Å². The third-order valence-corrected chi connectivity index (χ3v) is 11.6. The summed E-state index contributed by atoms with van der Waals surface area (Å²) in [5, 5.41) is 0.742. The predicted octanol–water partition coefficient (Wildman–Crippen LogP) is 14.3. The standard InChI is InChI=1S/C55H45N5O/c1-55(2,3)39-32-45(37-18-7-5-8-19-37)53(46(33-39)38-20-9-6-10-21-38)59-36-58(50-28-15-16-29-51(50)59)40-22-17-23-41(34-40)61-42-30-31-44-43-24-11-13-26-48(43)60(52(44)35-42)54-56-47-25-12-14-27-49(47)57(54)4/h5-35H,36H2,1-4H3/i4D3,11D,13D,24D,26D. The molecule has 6 heteroatoms. The van der Waals surface area contributed by atoms with Crippen molar-refractivity contribution in [2.75, 3.05) is 16.5 Å². The van der Waals surface area contributed by atoms with Gasteiger partial charge in [-0.05, 0) is 88.8 Å². The molecule has 11 rings (SSSR count). The summed E-state index contributed by atoms with van der Waals surface area (Å²) in [4.78, 5) is 9.48. The Hall–Kier alpha value is -7.57. The van der Waals surface area contributed by atoms with Crippen molar-refractivity contribution in [2.45, 2.75) is 26.2 Å². The van der Waals surface area contributed by atoms with Crippen molar-refractivity contribution in [1.29, 1.82) is 0 Å². The van der Waals surface area contributed by atoms with Gasteiger partial charge in [-0.1, -0.05) is 130 Å². The van der Waals surface area contributed by atoms with E-state index in [0.717, 1.165) is 49.6 Å². The van der Waals surface area contributed by atoms with Crippen molar-refractivity contribution < 1.29 is 14.3 Å². The van der Waals surface area contributed by atoms with Gasteiger partial charge in [0.1, 0.15) is 18.2 Å². The number of benzene rings is 8. The van der Waals surface area contributed by atoms with Gasteiger partial charge >= 0.3 is 0 Å². The second-order valence-corrected chi connectivity index (χ2v) is 16.5. The van der Waals surface area contributed by atoms with E-state index in [1.54, 1.807) is 42.5 Å². The molecule has 0 aliphatic carbocycles. The number of ether oxygens (including phenoxy) is 1. The third kappa shape index (κ3) is 6.22. The lowest BCUT2D eigenvalue weighted by Crippen LogP contribution is -2.25. The molecule has 1 aliphatic rings. The van der Waals surface area contributed by atoms with Gasteiger partial charge in [0, 0.05) is 50.8 Å². The largest absolute Gasteiger partial charge is 0.457 e. The molecule has 10 aromatic rings. The van der Waals surface area contributed by atoms with E-state index in [9.17, 15) is 0 Å². The molecule has 0 bridgehead atoms. The lowest BCUT2D eigenvalue weighted by molar-refractivity contribution is 0.483. The average molecular weight is 799 g/mol. The van der Waals surface area contributed by atoms with Crippen LogP contribution >= 0.6 is 0 Å². The highest BCUT2D eigenvalue weighted by Gasteiger charge is 2.32. The smallest absolute Gasteiger partial charge is 0.215 e. The van der Waals surface area contributed by atoms with Gasteiger partial charge < -0.3 is 19.1 Å². The van der Waals surface area contributed by atoms with Gasteiger partial charge in [0.25, 0.3) is 0 Å². The van der Waals surface area contributed by atoms with E-state index in [-0.39, 0.29) is 40.4 Å². The van der Waals surface area contributed by atoms with E-state index in [0.29, 0.717) is 40.1 Å². The van der Waals surface area contributed by atoms with Gasteiger partial charge in [0.15, 0.2) is 0 Å². The molecule has 6 nitrogen and oxygen atoms in total. The molecule has 2 aromatic heterocycles. The summed E-state index contributed by atoms with van der Waals surface area (Å²) in [5.74, 6) is 0.948. The maximum Gasteiger partial charge on any atom is 0.215 e. The first-order valence-electron chi connectivity index (χ1n) is 23.9. The van der Waals surface area contributed by atoms with E-state index in [4.69, 9.17) is 19.3 Å². The second kappa shape index (κ2) is 14.3. The maximum absolute atomic E-state index is 9.08. The van der Waals surface area contributed by atoms with E-state index < -0.39 is 13.0 Å². The first-order valence-corrected chi connectivity index (χ1v) is 20.4. The summed E-state index contributed by atoms with van der Waals surface area (Å²) in [6.07, 6.45) is 0. The molecule has 0 saturated heterocycles. The van der Waals surface area contributed by atoms with Crippen LogP contribution < -0.4 is 14.5 Å². The number of imidazole rings is 1. The van der Waals surface area contributed by atoms with Gasteiger partial charge in [-0.15, -0.1) is 0 Å². The number of fused-ring (bicyclic) bond motifs is 5. The van der Waals surface area contributed by atoms with Gasteiger partial charge in [-0.25, -0.2) is 4.98 Å². The number of aromatic nitrogens is 3. The van der Waals surface area contributed by atoms with Crippen molar-refractivity contribution in [3.05, 3.63) is 194 Å². The Morgan fingerprint density at radius 3 is 1.97 bits per heavy atom. The zero-order valence-electron chi connectivity index (χ0n) is 40.9. The van der Waals surface area contributed by atoms with Crippen LogP contribution in [0, 0.1) is 0 Å². The average Bonchev–Trinajstić information content (AvgIpc) is 4.03. The van der Waals surface area contributed by atoms with Crippen LogP contribution in [0.4, 0.5) is 22.7 Å². The summed E-state index contributed by atoms with van der Waals surface area (Å²) in [7, 11) is 0. The zero-order chi connectivity index (χ0) is 47.2. The molecule has 0 amide bonds. The van der Waals surface area contributed by atoms with Gasteiger partial charge in [0.05, 0.1) is 44.6 Å². The minimum atomic E-state index is -2.68. The summed E-state index contributed by atoms with van der Waals surface area (Å²) < 4.78 is 70.3. The van der Waals surface area contributed by atoms with Crippen LogP contribution in [0.1, 0.15) is 35.9 Å².